The number of rotatable bonds is 2. The summed E-state index contributed by atoms with van der Waals surface area (Å²) in [6.45, 7) is 1.72. The van der Waals surface area contributed by atoms with Gasteiger partial charge < -0.3 is 5.32 Å². The largest absolute Gasteiger partial charge is 0.324 e. The first-order valence-electron chi connectivity index (χ1n) is 4.57. The molecule has 3 nitrogen and oxygen atoms in total. The van der Waals surface area contributed by atoms with Crippen molar-refractivity contribution in [3.63, 3.8) is 0 Å². The molecule has 0 aliphatic rings. The summed E-state index contributed by atoms with van der Waals surface area (Å²) in [4.78, 5) is 7.71. The molecule has 0 saturated heterocycles. The van der Waals surface area contributed by atoms with Crippen molar-refractivity contribution in [2.24, 2.45) is 0 Å². The van der Waals surface area contributed by atoms with Crippen molar-refractivity contribution in [1.29, 1.82) is 0 Å². The molecular weight excluding hydrogens is 193 g/mol. The Hall–Kier alpha value is -1.97. The average molecular weight is 203 g/mol. The third-order valence-corrected chi connectivity index (χ3v) is 1.85. The molecule has 0 aliphatic carbocycles. The van der Waals surface area contributed by atoms with Gasteiger partial charge in [0.15, 0.2) is 0 Å². The fourth-order valence-electron chi connectivity index (χ4n) is 1.24. The van der Waals surface area contributed by atoms with Crippen molar-refractivity contribution < 1.29 is 4.39 Å². The summed E-state index contributed by atoms with van der Waals surface area (Å²) in [6.07, 6.45) is 0. The minimum atomic E-state index is -0.527. The highest BCUT2D eigenvalue weighted by Gasteiger charge is 2.01. The van der Waals surface area contributed by atoms with Crippen molar-refractivity contribution in [1.82, 2.24) is 9.97 Å². The number of hydrogen-bond donors (Lipinski definition) is 1. The first-order valence-corrected chi connectivity index (χ1v) is 4.57. The van der Waals surface area contributed by atoms with E-state index in [2.05, 4.69) is 15.3 Å². The minimum absolute atomic E-state index is 0.277. The quantitative estimate of drug-likeness (QED) is 0.762. The number of nitrogens with one attached hydrogen (secondary N) is 1. The lowest BCUT2D eigenvalue weighted by Gasteiger charge is -2.04. The number of nitrogens with zero attached hydrogens (tertiary/aromatic N) is 2. The molecule has 1 heterocycles. The van der Waals surface area contributed by atoms with Gasteiger partial charge in [-0.2, -0.15) is 9.37 Å². The highest BCUT2D eigenvalue weighted by Crippen LogP contribution is 2.12. The third-order valence-electron chi connectivity index (χ3n) is 1.85. The maximum absolute atomic E-state index is 12.9. The van der Waals surface area contributed by atoms with E-state index in [1.165, 1.54) is 6.07 Å². The fourth-order valence-corrected chi connectivity index (χ4v) is 1.24. The molecule has 0 unspecified atom stereocenters. The summed E-state index contributed by atoms with van der Waals surface area (Å²) in [5.41, 5.74) is 1.43. The predicted molar refractivity (Wildman–Crippen MR) is 56.5 cm³/mol. The van der Waals surface area contributed by atoms with E-state index >= 15 is 0 Å². The van der Waals surface area contributed by atoms with Gasteiger partial charge in [-0.05, 0) is 19.1 Å². The summed E-state index contributed by atoms with van der Waals surface area (Å²) < 4.78 is 12.9. The molecule has 0 fully saturated rings. The van der Waals surface area contributed by atoms with Crippen LogP contribution in [0.15, 0.2) is 36.4 Å². The SMILES string of the molecule is Cc1cc(F)nc(Nc2ccccc2)n1. The van der Waals surface area contributed by atoms with Gasteiger partial charge in [0.1, 0.15) is 0 Å². The summed E-state index contributed by atoms with van der Waals surface area (Å²) >= 11 is 0. The molecule has 0 amide bonds. The Labute approximate surface area is 87.0 Å². The molecule has 0 spiro atoms. The predicted octanol–water partition coefficient (Wildman–Crippen LogP) is 2.67. The first-order chi connectivity index (χ1) is 7.24. The Morgan fingerprint density at radius 3 is 2.53 bits per heavy atom. The normalized spacial score (nSPS) is 10.0. The molecule has 0 bridgehead atoms. The molecular formula is C11H10FN3. The van der Waals surface area contributed by atoms with Gasteiger partial charge in [-0.3, -0.25) is 0 Å². The lowest BCUT2D eigenvalue weighted by atomic mass is 10.3. The Balaban J connectivity index is 2.25. The number of anilines is 2. The first kappa shape index (κ1) is 9.58. The van der Waals surface area contributed by atoms with Crippen LogP contribution in [0, 0.1) is 12.9 Å². The molecule has 0 radical (unpaired) electrons. The van der Waals surface area contributed by atoms with Gasteiger partial charge in [-0.1, -0.05) is 18.2 Å². The van der Waals surface area contributed by atoms with Crippen molar-refractivity contribution in [3.05, 3.63) is 48.0 Å². The van der Waals surface area contributed by atoms with Crippen LogP contribution in [0.25, 0.3) is 0 Å². The lowest BCUT2D eigenvalue weighted by Crippen LogP contribution is -2.00. The van der Waals surface area contributed by atoms with Crippen LogP contribution in [-0.2, 0) is 0 Å². The summed E-state index contributed by atoms with van der Waals surface area (Å²) in [7, 11) is 0. The van der Waals surface area contributed by atoms with E-state index in [1.54, 1.807) is 6.92 Å². The van der Waals surface area contributed by atoms with E-state index in [1.807, 2.05) is 30.3 Å². The topological polar surface area (TPSA) is 37.8 Å². The van der Waals surface area contributed by atoms with E-state index in [4.69, 9.17) is 0 Å². The van der Waals surface area contributed by atoms with Crippen LogP contribution >= 0.6 is 0 Å². The molecule has 0 atom stereocenters. The number of para-hydroxylation sites is 1. The molecule has 0 saturated carbocycles. The summed E-state index contributed by atoms with van der Waals surface area (Å²) in [5.74, 6) is -0.250. The third kappa shape index (κ3) is 2.49. The van der Waals surface area contributed by atoms with E-state index in [0.29, 0.717) is 5.69 Å². The van der Waals surface area contributed by atoms with Crippen LogP contribution in [0.4, 0.5) is 16.0 Å². The van der Waals surface area contributed by atoms with Crippen LogP contribution in [0.2, 0.25) is 0 Å². The van der Waals surface area contributed by atoms with Crippen LogP contribution in [0.3, 0.4) is 0 Å². The number of aryl methyl sites for hydroxylation is 1. The minimum Gasteiger partial charge on any atom is -0.324 e. The van der Waals surface area contributed by atoms with Crippen molar-refractivity contribution >= 4 is 11.6 Å². The summed E-state index contributed by atoms with van der Waals surface area (Å²) in [6, 6.07) is 10.7. The Bertz CT molecular complexity index is 436. The number of aromatic nitrogens is 2. The van der Waals surface area contributed by atoms with Gasteiger partial charge in [0.2, 0.25) is 11.9 Å². The fraction of sp³-hybridized carbons (Fsp3) is 0.0909. The number of benzene rings is 1. The maximum atomic E-state index is 12.9. The van der Waals surface area contributed by atoms with Crippen molar-refractivity contribution in [3.8, 4) is 0 Å². The molecule has 15 heavy (non-hydrogen) atoms. The number of halogens is 1. The van der Waals surface area contributed by atoms with Gasteiger partial charge in [-0.25, -0.2) is 4.98 Å². The summed E-state index contributed by atoms with van der Waals surface area (Å²) in [5, 5.41) is 2.92. The average Bonchev–Trinajstić information content (AvgIpc) is 2.17. The lowest BCUT2D eigenvalue weighted by molar-refractivity contribution is 0.580. The van der Waals surface area contributed by atoms with E-state index < -0.39 is 5.95 Å². The van der Waals surface area contributed by atoms with Crippen LogP contribution in [-0.4, -0.2) is 9.97 Å². The van der Waals surface area contributed by atoms with Gasteiger partial charge in [-0.15, -0.1) is 0 Å². The van der Waals surface area contributed by atoms with Gasteiger partial charge in [0.25, 0.3) is 0 Å². The molecule has 0 aliphatic heterocycles. The Morgan fingerprint density at radius 2 is 1.87 bits per heavy atom. The molecule has 2 aromatic rings. The smallest absolute Gasteiger partial charge is 0.230 e. The second-order valence-electron chi connectivity index (χ2n) is 3.15. The Morgan fingerprint density at radius 1 is 1.13 bits per heavy atom. The Kier molecular flexibility index (Phi) is 2.58. The van der Waals surface area contributed by atoms with Crippen molar-refractivity contribution in [2.75, 3.05) is 5.32 Å². The molecule has 2 rings (SSSR count). The molecule has 1 N–H and O–H groups in total. The zero-order valence-electron chi connectivity index (χ0n) is 8.24. The van der Waals surface area contributed by atoms with Crippen LogP contribution in [0.1, 0.15) is 5.69 Å². The van der Waals surface area contributed by atoms with Crippen LogP contribution in [0.5, 0.6) is 0 Å². The highest BCUT2D eigenvalue weighted by molar-refractivity contribution is 5.52. The van der Waals surface area contributed by atoms with Crippen molar-refractivity contribution in [2.45, 2.75) is 6.92 Å². The molecule has 1 aromatic carbocycles. The second-order valence-corrected chi connectivity index (χ2v) is 3.15. The van der Waals surface area contributed by atoms with E-state index in [0.717, 1.165) is 5.69 Å². The van der Waals surface area contributed by atoms with Gasteiger partial charge in [0.05, 0.1) is 0 Å². The molecule has 76 valence electrons. The number of hydrogen-bond acceptors (Lipinski definition) is 3. The highest BCUT2D eigenvalue weighted by atomic mass is 19.1. The van der Waals surface area contributed by atoms with Gasteiger partial charge >= 0.3 is 0 Å². The standard InChI is InChI=1S/C11H10FN3/c1-8-7-10(12)15-11(13-8)14-9-5-3-2-4-6-9/h2-7H,1H3,(H,13,14,15). The molecule has 4 heteroatoms. The molecule has 1 aromatic heterocycles. The zero-order valence-corrected chi connectivity index (χ0v) is 8.24. The van der Waals surface area contributed by atoms with Gasteiger partial charge in [0, 0.05) is 17.4 Å². The van der Waals surface area contributed by atoms with E-state index in [-0.39, 0.29) is 5.95 Å². The zero-order chi connectivity index (χ0) is 10.7. The van der Waals surface area contributed by atoms with E-state index in [9.17, 15) is 4.39 Å². The second kappa shape index (κ2) is 4.04. The maximum Gasteiger partial charge on any atom is 0.230 e. The monoisotopic (exact) mass is 203 g/mol. The van der Waals surface area contributed by atoms with Crippen LogP contribution < -0.4 is 5.32 Å².